The Morgan fingerprint density at radius 3 is 2.25 bits per heavy atom. The number of benzene rings is 1. The van der Waals surface area contributed by atoms with Crippen LogP contribution in [0.4, 0.5) is 0 Å². The number of hydrogen-bond acceptors (Lipinski definition) is 3. The first-order valence-electron chi connectivity index (χ1n) is 11.4. The van der Waals surface area contributed by atoms with Crippen LogP contribution in [0.2, 0.25) is 0 Å². The number of nitrogens with one attached hydrogen (secondary N) is 1. The molecule has 1 atom stereocenters. The molecule has 1 unspecified atom stereocenters. The summed E-state index contributed by atoms with van der Waals surface area (Å²) in [6.45, 7) is 5.43. The summed E-state index contributed by atoms with van der Waals surface area (Å²) in [6.07, 6.45) is 14.4. The summed E-state index contributed by atoms with van der Waals surface area (Å²) in [4.78, 5) is 11.9. The smallest absolute Gasteiger partial charge is 0.220 e. The fourth-order valence-electron chi connectivity index (χ4n) is 3.20. The minimum atomic E-state index is 0.0433. The summed E-state index contributed by atoms with van der Waals surface area (Å²) in [5, 5.41) is 2.96. The van der Waals surface area contributed by atoms with Gasteiger partial charge in [0.1, 0.15) is 5.75 Å². The van der Waals surface area contributed by atoms with Crippen LogP contribution in [-0.2, 0) is 11.3 Å². The zero-order chi connectivity index (χ0) is 20.5. The van der Waals surface area contributed by atoms with E-state index in [1.165, 1.54) is 57.8 Å². The summed E-state index contributed by atoms with van der Waals surface area (Å²) in [5.41, 5.74) is 6.73. The maximum atomic E-state index is 11.9. The van der Waals surface area contributed by atoms with E-state index in [4.69, 9.17) is 10.5 Å². The van der Waals surface area contributed by atoms with Crippen molar-refractivity contribution in [3.8, 4) is 5.75 Å². The van der Waals surface area contributed by atoms with Crippen molar-refractivity contribution in [2.45, 2.75) is 103 Å². The molecule has 1 aromatic carbocycles. The number of unbranched alkanes of at least 4 members (excludes halogenated alkanes) is 9. The molecule has 0 bridgehead atoms. The van der Waals surface area contributed by atoms with Gasteiger partial charge in [0.25, 0.3) is 0 Å². The highest BCUT2D eigenvalue weighted by Crippen LogP contribution is 2.18. The molecule has 0 aliphatic carbocycles. The molecule has 0 aliphatic rings. The van der Waals surface area contributed by atoms with Gasteiger partial charge < -0.3 is 15.8 Å². The number of carbonyl (C=O) groups excluding carboxylic acids is 1. The van der Waals surface area contributed by atoms with E-state index < -0.39 is 0 Å². The predicted molar refractivity (Wildman–Crippen MR) is 119 cm³/mol. The van der Waals surface area contributed by atoms with Gasteiger partial charge in [-0.2, -0.15) is 0 Å². The van der Waals surface area contributed by atoms with E-state index >= 15 is 0 Å². The van der Waals surface area contributed by atoms with Crippen LogP contribution in [0.1, 0.15) is 96.5 Å². The molecule has 0 spiro atoms. The third kappa shape index (κ3) is 12.8. The summed E-state index contributed by atoms with van der Waals surface area (Å²) in [5.74, 6) is 0.924. The zero-order valence-electron chi connectivity index (χ0n) is 18.2. The molecule has 1 amide bonds. The molecule has 0 saturated heterocycles. The van der Waals surface area contributed by atoms with Crippen LogP contribution in [0.25, 0.3) is 0 Å². The molecule has 0 saturated carbocycles. The third-order valence-electron chi connectivity index (χ3n) is 5.03. The Labute approximate surface area is 172 Å². The van der Waals surface area contributed by atoms with Crippen LogP contribution in [0.3, 0.4) is 0 Å². The average molecular weight is 391 g/mol. The second-order valence-corrected chi connectivity index (χ2v) is 7.93. The molecular weight excluding hydrogens is 348 g/mol. The standard InChI is InChI=1S/C24H42N2O2/c1-3-4-5-6-7-8-9-10-11-14-19-28-23-16-13-12-15-22(23)20-26-24(27)18-17-21(2)25/h12-13,15-16,21H,3-11,14,17-20,25H2,1-2H3,(H,26,27). The number of nitrogens with two attached hydrogens (primary N) is 1. The van der Waals surface area contributed by atoms with Gasteiger partial charge in [-0.25, -0.2) is 0 Å². The van der Waals surface area contributed by atoms with Crippen LogP contribution in [-0.4, -0.2) is 18.6 Å². The molecule has 28 heavy (non-hydrogen) atoms. The number of ether oxygens (including phenoxy) is 1. The van der Waals surface area contributed by atoms with Crippen LogP contribution in [0.5, 0.6) is 5.75 Å². The van der Waals surface area contributed by atoms with Crippen LogP contribution < -0.4 is 15.8 Å². The topological polar surface area (TPSA) is 64.3 Å². The van der Waals surface area contributed by atoms with Crippen LogP contribution in [0, 0.1) is 0 Å². The van der Waals surface area contributed by atoms with Crippen molar-refractivity contribution >= 4 is 5.91 Å². The van der Waals surface area contributed by atoms with Gasteiger partial charge >= 0.3 is 0 Å². The van der Waals surface area contributed by atoms with Crippen molar-refractivity contribution in [3.05, 3.63) is 29.8 Å². The highest BCUT2D eigenvalue weighted by Gasteiger charge is 2.07. The molecule has 0 heterocycles. The van der Waals surface area contributed by atoms with Crippen molar-refractivity contribution < 1.29 is 9.53 Å². The predicted octanol–water partition coefficient (Wildman–Crippen LogP) is 5.73. The van der Waals surface area contributed by atoms with E-state index in [0.717, 1.165) is 24.3 Å². The minimum Gasteiger partial charge on any atom is -0.493 e. The summed E-state index contributed by atoms with van der Waals surface area (Å²) in [6, 6.07) is 8.02. The average Bonchev–Trinajstić information content (AvgIpc) is 2.69. The fraction of sp³-hybridized carbons (Fsp3) is 0.708. The highest BCUT2D eigenvalue weighted by atomic mass is 16.5. The molecule has 0 aliphatic heterocycles. The second kappa shape index (κ2) is 16.4. The zero-order valence-corrected chi connectivity index (χ0v) is 18.2. The van der Waals surface area contributed by atoms with Gasteiger partial charge in [-0.3, -0.25) is 4.79 Å². The van der Waals surface area contributed by atoms with Crippen molar-refractivity contribution in [2.75, 3.05) is 6.61 Å². The van der Waals surface area contributed by atoms with Crippen molar-refractivity contribution in [1.82, 2.24) is 5.32 Å². The normalized spacial score (nSPS) is 12.0. The molecule has 4 nitrogen and oxygen atoms in total. The van der Waals surface area contributed by atoms with Gasteiger partial charge in [-0.15, -0.1) is 0 Å². The van der Waals surface area contributed by atoms with E-state index in [-0.39, 0.29) is 11.9 Å². The Bertz CT molecular complexity index is 517. The number of hydrogen-bond donors (Lipinski definition) is 2. The van der Waals surface area contributed by atoms with Gasteiger partial charge in [0, 0.05) is 24.6 Å². The molecular formula is C24H42N2O2. The first-order valence-corrected chi connectivity index (χ1v) is 11.4. The Balaban J connectivity index is 2.14. The lowest BCUT2D eigenvalue weighted by Gasteiger charge is -2.12. The lowest BCUT2D eigenvalue weighted by molar-refractivity contribution is -0.121. The first kappa shape index (κ1) is 24.5. The summed E-state index contributed by atoms with van der Waals surface area (Å²) < 4.78 is 5.97. The fourth-order valence-corrected chi connectivity index (χ4v) is 3.20. The molecule has 0 aromatic heterocycles. The molecule has 1 aromatic rings. The maximum absolute atomic E-state index is 11.9. The number of carbonyl (C=O) groups is 1. The monoisotopic (exact) mass is 390 g/mol. The van der Waals surface area contributed by atoms with Crippen LogP contribution in [0.15, 0.2) is 24.3 Å². The van der Waals surface area contributed by atoms with Gasteiger partial charge in [0.15, 0.2) is 0 Å². The van der Waals surface area contributed by atoms with Gasteiger partial charge in [-0.05, 0) is 25.8 Å². The van der Waals surface area contributed by atoms with Crippen molar-refractivity contribution in [2.24, 2.45) is 5.73 Å². The SMILES string of the molecule is CCCCCCCCCCCCOc1ccccc1CNC(=O)CCC(C)N. The number of amides is 1. The molecule has 1 rings (SSSR count). The molecule has 0 radical (unpaired) electrons. The first-order chi connectivity index (χ1) is 13.6. The Kier molecular flexibility index (Phi) is 14.4. The quantitative estimate of drug-likeness (QED) is 0.334. The van der Waals surface area contributed by atoms with E-state index in [2.05, 4.69) is 12.2 Å². The van der Waals surface area contributed by atoms with Gasteiger partial charge in [0.05, 0.1) is 6.61 Å². The Morgan fingerprint density at radius 1 is 1.00 bits per heavy atom. The molecule has 160 valence electrons. The molecule has 4 heteroatoms. The summed E-state index contributed by atoms with van der Waals surface area (Å²) >= 11 is 0. The highest BCUT2D eigenvalue weighted by molar-refractivity contribution is 5.75. The lowest BCUT2D eigenvalue weighted by atomic mass is 10.1. The Morgan fingerprint density at radius 2 is 1.61 bits per heavy atom. The molecule has 0 fully saturated rings. The van der Waals surface area contributed by atoms with E-state index in [9.17, 15) is 4.79 Å². The minimum absolute atomic E-state index is 0.0433. The Hall–Kier alpha value is -1.55. The van der Waals surface area contributed by atoms with Crippen LogP contribution >= 0.6 is 0 Å². The van der Waals surface area contributed by atoms with E-state index in [1.54, 1.807) is 0 Å². The van der Waals surface area contributed by atoms with Crippen molar-refractivity contribution in [1.29, 1.82) is 0 Å². The maximum Gasteiger partial charge on any atom is 0.220 e. The second-order valence-electron chi connectivity index (χ2n) is 7.93. The number of rotatable bonds is 17. The third-order valence-corrected chi connectivity index (χ3v) is 5.03. The lowest BCUT2D eigenvalue weighted by Crippen LogP contribution is -2.25. The van der Waals surface area contributed by atoms with E-state index in [1.807, 2.05) is 31.2 Å². The largest absolute Gasteiger partial charge is 0.493 e. The van der Waals surface area contributed by atoms with Crippen molar-refractivity contribution in [3.63, 3.8) is 0 Å². The van der Waals surface area contributed by atoms with E-state index in [0.29, 0.717) is 19.4 Å². The molecule has 3 N–H and O–H groups in total. The van der Waals surface area contributed by atoms with Gasteiger partial charge in [0.2, 0.25) is 5.91 Å². The van der Waals surface area contributed by atoms with Gasteiger partial charge in [-0.1, -0.05) is 82.9 Å². The number of para-hydroxylation sites is 1. The summed E-state index contributed by atoms with van der Waals surface area (Å²) in [7, 11) is 0.